The van der Waals surface area contributed by atoms with Crippen LogP contribution in [0.4, 0.5) is 26.3 Å². The Labute approximate surface area is 193 Å². The van der Waals surface area contributed by atoms with E-state index in [1.807, 2.05) is 0 Å². The molecule has 0 unspecified atom stereocenters. The molecule has 2 aliphatic carbocycles. The highest BCUT2D eigenvalue weighted by molar-refractivity contribution is 14.1. The summed E-state index contributed by atoms with van der Waals surface area (Å²) < 4.78 is 81.8. The van der Waals surface area contributed by atoms with Crippen molar-refractivity contribution < 1.29 is 31.1 Å². The van der Waals surface area contributed by atoms with Crippen LogP contribution in [0.5, 0.6) is 0 Å². The number of alkyl halides is 5. The third kappa shape index (κ3) is 6.51. The maximum absolute atomic E-state index is 14.5. The van der Waals surface area contributed by atoms with Crippen LogP contribution in [0.25, 0.3) is 0 Å². The van der Waals surface area contributed by atoms with Gasteiger partial charge in [-0.15, -0.1) is 13.2 Å². The molecule has 3 rings (SSSR count). The van der Waals surface area contributed by atoms with Crippen LogP contribution >= 0.6 is 22.6 Å². The predicted molar refractivity (Wildman–Crippen MR) is 115 cm³/mol. The number of benzene rings is 1. The Bertz CT molecular complexity index is 711. The van der Waals surface area contributed by atoms with Crippen LogP contribution in [0.3, 0.4) is 0 Å². The van der Waals surface area contributed by atoms with Gasteiger partial charge in [0.05, 0.1) is 5.56 Å². The van der Waals surface area contributed by atoms with E-state index < -0.39 is 23.9 Å². The summed E-state index contributed by atoms with van der Waals surface area (Å²) >= 11 is 1.46. The number of ether oxygens (including phenoxy) is 1. The SMILES string of the molecule is CCCC1CCC(C2CCC(c3cc(F)c(C(F)(F)OC(F)(F)F)c(I)c3)CC2)CC1. The largest absolute Gasteiger partial charge is 0.527 e. The van der Waals surface area contributed by atoms with Crippen molar-refractivity contribution in [3.63, 3.8) is 0 Å². The molecular formula is C23H29F6IO. The van der Waals surface area contributed by atoms with E-state index in [1.165, 1.54) is 67.2 Å². The Morgan fingerprint density at radius 1 is 0.903 bits per heavy atom. The van der Waals surface area contributed by atoms with E-state index in [-0.39, 0.29) is 9.49 Å². The summed E-state index contributed by atoms with van der Waals surface area (Å²) in [5.41, 5.74) is -0.773. The molecule has 0 spiro atoms. The monoisotopic (exact) mass is 562 g/mol. The van der Waals surface area contributed by atoms with Gasteiger partial charge in [-0.2, -0.15) is 8.78 Å². The van der Waals surface area contributed by atoms with Gasteiger partial charge >= 0.3 is 12.5 Å². The lowest BCUT2D eigenvalue weighted by molar-refractivity contribution is -0.432. The lowest BCUT2D eigenvalue weighted by atomic mass is 9.68. The van der Waals surface area contributed by atoms with Crippen LogP contribution in [0, 0.1) is 27.1 Å². The number of halogens is 7. The minimum Gasteiger partial charge on any atom is -0.222 e. The van der Waals surface area contributed by atoms with Crippen LogP contribution in [-0.4, -0.2) is 6.36 Å². The number of hydrogen-bond acceptors (Lipinski definition) is 1. The lowest BCUT2D eigenvalue weighted by Gasteiger charge is -2.38. The van der Waals surface area contributed by atoms with Crippen molar-refractivity contribution in [1.29, 1.82) is 0 Å². The zero-order chi connectivity index (χ0) is 22.8. The molecule has 1 aromatic carbocycles. The molecule has 0 amide bonds. The molecule has 0 aliphatic heterocycles. The van der Waals surface area contributed by atoms with Crippen molar-refractivity contribution in [3.8, 4) is 0 Å². The van der Waals surface area contributed by atoms with Crippen molar-refractivity contribution >= 4 is 22.6 Å². The maximum Gasteiger partial charge on any atom is 0.527 e. The Hall–Kier alpha value is -0.510. The molecule has 176 valence electrons. The van der Waals surface area contributed by atoms with E-state index in [4.69, 9.17) is 0 Å². The molecule has 0 radical (unpaired) electrons. The fraction of sp³-hybridized carbons (Fsp3) is 0.739. The third-order valence-corrected chi connectivity index (χ3v) is 7.95. The summed E-state index contributed by atoms with van der Waals surface area (Å²) in [5.74, 6) is 0.952. The topological polar surface area (TPSA) is 9.23 Å². The first-order chi connectivity index (χ1) is 14.5. The van der Waals surface area contributed by atoms with Gasteiger partial charge in [0.15, 0.2) is 0 Å². The van der Waals surface area contributed by atoms with Gasteiger partial charge < -0.3 is 0 Å². The number of hydrogen-bond donors (Lipinski definition) is 0. The smallest absolute Gasteiger partial charge is 0.222 e. The highest BCUT2D eigenvalue weighted by Crippen LogP contribution is 2.46. The minimum atomic E-state index is -5.56. The van der Waals surface area contributed by atoms with Gasteiger partial charge in [-0.25, -0.2) is 9.13 Å². The summed E-state index contributed by atoms with van der Waals surface area (Å²) in [6.45, 7) is 2.23. The van der Waals surface area contributed by atoms with Gasteiger partial charge in [0.2, 0.25) is 0 Å². The molecule has 0 heterocycles. The molecule has 1 nitrogen and oxygen atoms in total. The van der Waals surface area contributed by atoms with Crippen LogP contribution in [0.1, 0.15) is 88.2 Å². The molecule has 8 heteroatoms. The molecule has 0 saturated heterocycles. The average molecular weight is 562 g/mol. The van der Waals surface area contributed by atoms with Crippen molar-refractivity contribution in [2.24, 2.45) is 17.8 Å². The van der Waals surface area contributed by atoms with Crippen LogP contribution in [0.15, 0.2) is 12.1 Å². The van der Waals surface area contributed by atoms with E-state index in [0.29, 0.717) is 11.5 Å². The van der Waals surface area contributed by atoms with Gasteiger partial charge in [-0.1, -0.05) is 32.6 Å². The first kappa shape index (κ1) is 25.1. The standard InChI is InChI=1S/C23H29F6IO/c1-2-3-14-4-6-15(7-5-14)16-8-10-17(11-9-16)18-12-19(24)21(20(30)13-18)22(25,26)31-23(27,28)29/h12-17H,2-11H2,1H3. The van der Waals surface area contributed by atoms with Crippen molar-refractivity contribution in [1.82, 2.24) is 0 Å². The lowest BCUT2D eigenvalue weighted by Crippen LogP contribution is -2.30. The molecule has 0 N–H and O–H groups in total. The van der Waals surface area contributed by atoms with E-state index in [0.717, 1.165) is 43.6 Å². The molecule has 0 aromatic heterocycles. The fourth-order valence-corrected chi connectivity index (χ4v) is 6.51. The summed E-state index contributed by atoms with van der Waals surface area (Å²) in [7, 11) is 0. The zero-order valence-electron chi connectivity index (χ0n) is 17.6. The van der Waals surface area contributed by atoms with Gasteiger partial charge in [0.1, 0.15) is 5.82 Å². The highest BCUT2D eigenvalue weighted by atomic mass is 127. The predicted octanol–water partition coefficient (Wildman–Crippen LogP) is 8.90. The Morgan fingerprint density at radius 3 is 1.94 bits per heavy atom. The summed E-state index contributed by atoms with van der Waals surface area (Å²) in [4.78, 5) is 0. The fourth-order valence-electron chi connectivity index (χ4n) is 5.58. The molecule has 0 atom stereocenters. The zero-order valence-corrected chi connectivity index (χ0v) is 19.7. The molecule has 0 bridgehead atoms. The Balaban J connectivity index is 1.62. The van der Waals surface area contributed by atoms with E-state index >= 15 is 0 Å². The summed E-state index contributed by atoms with van der Waals surface area (Å²) in [6.07, 6.45) is 1.13. The van der Waals surface area contributed by atoms with Crippen molar-refractivity contribution in [3.05, 3.63) is 32.6 Å². The van der Waals surface area contributed by atoms with Crippen LogP contribution in [-0.2, 0) is 10.8 Å². The Kier molecular flexibility index (Phi) is 8.25. The van der Waals surface area contributed by atoms with Crippen LogP contribution in [0.2, 0.25) is 0 Å². The third-order valence-electron chi connectivity index (χ3n) is 7.10. The van der Waals surface area contributed by atoms with Gasteiger partial charge in [0, 0.05) is 3.57 Å². The molecular weight excluding hydrogens is 533 g/mol. The Morgan fingerprint density at radius 2 is 1.45 bits per heavy atom. The van der Waals surface area contributed by atoms with Crippen molar-refractivity contribution in [2.75, 3.05) is 0 Å². The second kappa shape index (κ2) is 10.2. The molecule has 2 saturated carbocycles. The van der Waals surface area contributed by atoms with Gasteiger partial charge in [-0.05, 0) is 102 Å². The summed E-state index contributed by atoms with van der Waals surface area (Å²) in [6, 6.07) is 2.35. The maximum atomic E-state index is 14.5. The van der Waals surface area contributed by atoms with E-state index in [1.54, 1.807) is 0 Å². The molecule has 2 fully saturated rings. The van der Waals surface area contributed by atoms with Crippen LogP contribution < -0.4 is 0 Å². The van der Waals surface area contributed by atoms with Crippen molar-refractivity contribution in [2.45, 2.75) is 89.5 Å². The second-order valence-corrected chi connectivity index (χ2v) is 10.3. The average Bonchev–Trinajstić information content (AvgIpc) is 2.66. The number of rotatable bonds is 6. The minimum absolute atomic E-state index is 0.0434. The summed E-state index contributed by atoms with van der Waals surface area (Å²) in [5, 5.41) is 0. The molecule has 1 aromatic rings. The first-order valence-electron chi connectivity index (χ1n) is 11.1. The second-order valence-electron chi connectivity index (χ2n) is 9.11. The van der Waals surface area contributed by atoms with Gasteiger partial charge in [0.25, 0.3) is 0 Å². The first-order valence-corrected chi connectivity index (χ1v) is 12.2. The molecule has 2 aliphatic rings. The molecule has 31 heavy (non-hydrogen) atoms. The van der Waals surface area contributed by atoms with Gasteiger partial charge in [-0.3, -0.25) is 0 Å². The normalized spacial score (nSPS) is 28.0. The highest BCUT2D eigenvalue weighted by Gasteiger charge is 2.49. The quantitative estimate of drug-likeness (QED) is 0.249. The van der Waals surface area contributed by atoms with E-state index in [9.17, 15) is 26.3 Å². The van der Waals surface area contributed by atoms with E-state index in [2.05, 4.69) is 11.7 Å².